The fourth-order valence-corrected chi connectivity index (χ4v) is 3.77. The summed E-state index contributed by atoms with van der Waals surface area (Å²) in [6.07, 6.45) is 0.797. The van der Waals surface area contributed by atoms with E-state index in [9.17, 15) is 13.2 Å². The first-order valence-corrected chi connectivity index (χ1v) is 7.92. The highest BCUT2D eigenvalue weighted by Gasteiger charge is 2.35. The average molecular weight is 294 g/mol. The number of hydrogen-bond acceptors (Lipinski definition) is 3. The van der Waals surface area contributed by atoms with Crippen molar-refractivity contribution < 1.29 is 13.2 Å². The van der Waals surface area contributed by atoms with Crippen LogP contribution in [0.3, 0.4) is 0 Å². The summed E-state index contributed by atoms with van der Waals surface area (Å²) >= 11 is 0. The molecule has 108 valence electrons. The van der Waals surface area contributed by atoms with Gasteiger partial charge in [0.2, 0.25) is 0 Å². The predicted molar refractivity (Wildman–Crippen MR) is 77.3 cm³/mol. The van der Waals surface area contributed by atoms with Gasteiger partial charge < -0.3 is 5.32 Å². The normalized spacial score (nSPS) is 16.9. The van der Waals surface area contributed by atoms with Gasteiger partial charge in [-0.15, -0.1) is 0 Å². The molecule has 1 aliphatic rings. The molecule has 0 aromatic heterocycles. The number of carbonyl (C=O) groups is 1. The van der Waals surface area contributed by atoms with Crippen LogP contribution in [0.4, 0.5) is 0 Å². The van der Waals surface area contributed by atoms with E-state index in [1.165, 1.54) is 7.05 Å². The number of benzene rings is 1. The maximum Gasteiger partial charge on any atom is 0.268 e. The van der Waals surface area contributed by atoms with Crippen molar-refractivity contribution in [3.63, 3.8) is 0 Å². The van der Waals surface area contributed by atoms with E-state index in [-0.39, 0.29) is 16.5 Å². The van der Waals surface area contributed by atoms with Crippen LogP contribution in [0, 0.1) is 0 Å². The Balaban J connectivity index is 2.60. The Morgan fingerprint density at radius 3 is 2.60 bits per heavy atom. The van der Waals surface area contributed by atoms with Crippen LogP contribution in [-0.2, 0) is 14.8 Å². The molecule has 1 N–H and O–H groups in total. The fourth-order valence-electron chi connectivity index (χ4n) is 2.27. The number of carbonyl (C=O) groups excluding carboxylic acids is 1. The van der Waals surface area contributed by atoms with Crippen LogP contribution in [0.5, 0.6) is 0 Å². The Morgan fingerprint density at radius 2 is 1.95 bits per heavy atom. The monoisotopic (exact) mass is 294 g/mol. The van der Waals surface area contributed by atoms with Crippen molar-refractivity contribution >= 4 is 21.5 Å². The zero-order chi connectivity index (χ0) is 14.9. The van der Waals surface area contributed by atoms with Crippen LogP contribution in [0.15, 0.2) is 34.9 Å². The molecular weight excluding hydrogens is 276 g/mol. The highest BCUT2D eigenvalue weighted by Crippen LogP contribution is 2.35. The van der Waals surface area contributed by atoms with E-state index < -0.39 is 10.0 Å². The SMILES string of the molecule is CCCNC(=O)C1=C(C)c2ccccc2S(=O)(=O)N1C. The third-order valence-corrected chi connectivity index (χ3v) is 5.17. The number of likely N-dealkylation sites (N-methyl/N-ethyl adjacent to an activating group) is 1. The van der Waals surface area contributed by atoms with Gasteiger partial charge in [0.25, 0.3) is 15.9 Å². The molecule has 5 nitrogen and oxygen atoms in total. The second-order valence-electron chi connectivity index (χ2n) is 4.70. The van der Waals surface area contributed by atoms with Crippen molar-refractivity contribution in [3.8, 4) is 0 Å². The molecule has 1 heterocycles. The predicted octanol–water partition coefficient (Wildman–Crippen LogP) is 1.58. The zero-order valence-electron chi connectivity index (χ0n) is 11.8. The zero-order valence-corrected chi connectivity index (χ0v) is 12.6. The lowest BCUT2D eigenvalue weighted by Gasteiger charge is -2.29. The number of nitrogens with zero attached hydrogens (tertiary/aromatic N) is 1. The topological polar surface area (TPSA) is 66.5 Å². The van der Waals surface area contributed by atoms with Gasteiger partial charge in [-0.05, 0) is 25.0 Å². The number of hydrogen-bond donors (Lipinski definition) is 1. The molecule has 1 aromatic carbocycles. The van der Waals surface area contributed by atoms with E-state index in [1.54, 1.807) is 31.2 Å². The number of fused-ring (bicyclic) bond motifs is 1. The summed E-state index contributed by atoms with van der Waals surface area (Å²) in [7, 11) is -2.25. The summed E-state index contributed by atoms with van der Waals surface area (Å²) in [4.78, 5) is 12.4. The largest absolute Gasteiger partial charge is 0.351 e. The Labute approximate surface area is 119 Å². The average Bonchev–Trinajstić information content (AvgIpc) is 2.43. The number of amides is 1. The van der Waals surface area contributed by atoms with Crippen LogP contribution in [0.1, 0.15) is 25.8 Å². The molecule has 2 rings (SSSR count). The first-order valence-electron chi connectivity index (χ1n) is 6.48. The van der Waals surface area contributed by atoms with Crippen LogP contribution in [0.2, 0.25) is 0 Å². The Morgan fingerprint density at radius 1 is 1.30 bits per heavy atom. The lowest BCUT2D eigenvalue weighted by Crippen LogP contribution is -2.39. The molecule has 1 aliphatic heterocycles. The molecule has 0 atom stereocenters. The van der Waals surface area contributed by atoms with E-state index >= 15 is 0 Å². The van der Waals surface area contributed by atoms with Gasteiger partial charge in [0.15, 0.2) is 0 Å². The Bertz CT molecular complexity index is 677. The highest BCUT2D eigenvalue weighted by atomic mass is 32.2. The van der Waals surface area contributed by atoms with Crippen LogP contribution >= 0.6 is 0 Å². The van der Waals surface area contributed by atoms with Crippen LogP contribution in [-0.4, -0.2) is 32.2 Å². The minimum absolute atomic E-state index is 0.192. The molecule has 0 bridgehead atoms. The van der Waals surface area contributed by atoms with Gasteiger partial charge in [0.1, 0.15) is 5.70 Å². The van der Waals surface area contributed by atoms with Crippen molar-refractivity contribution in [2.75, 3.05) is 13.6 Å². The minimum atomic E-state index is -3.66. The molecule has 1 amide bonds. The summed E-state index contributed by atoms with van der Waals surface area (Å²) in [6.45, 7) is 4.23. The number of rotatable bonds is 3. The first kappa shape index (κ1) is 14.6. The molecular formula is C14H18N2O3S. The maximum absolute atomic E-state index is 12.5. The second kappa shape index (κ2) is 5.28. The quantitative estimate of drug-likeness (QED) is 0.920. The molecule has 0 aliphatic carbocycles. The van der Waals surface area contributed by atoms with Gasteiger partial charge >= 0.3 is 0 Å². The minimum Gasteiger partial charge on any atom is -0.351 e. The van der Waals surface area contributed by atoms with Crippen molar-refractivity contribution in [2.45, 2.75) is 25.2 Å². The Hall–Kier alpha value is -1.82. The first-order chi connectivity index (χ1) is 9.41. The molecule has 6 heteroatoms. The lowest BCUT2D eigenvalue weighted by atomic mass is 10.0. The third-order valence-electron chi connectivity index (χ3n) is 3.35. The molecule has 0 spiro atoms. The standard InChI is InChI=1S/C14H18N2O3S/c1-4-9-15-14(17)13-10(2)11-7-5-6-8-12(11)20(18,19)16(13)3/h5-8H,4,9H2,1-3H3,(H,15,17). The van der Waals surface area contributed by atoms with Gasteiger partial charge in [-0.3, -0.25) is 9.10 Å². The van der Waals surface area contributed by atoms with E-state index in [1.807, 2.05) is 6.92 Å². The van der Waals surface area contributed by atoms with Gasteiger partial charge in [-0.2, -0.15) is 0 Å². The molecule has 20 heavy (non-hydrogen) atoms. The van der Waals surface area contributed by atoms with Gasteiger partial charge in [0, 0.05) is 19.2 Å². The summed E-state index contributed by atoms with van der Waals surface area (Å²) in [5.41, 5.74) is 1.45. The number of sulfonamides is 1. The van der Waals surface area contributed by atoms with E-state index in [2.05, 4.69) is 5.32 Å². The third kappa shape index (κ3) is 2.20. The molecule has 1 aromatic rings. The van der Waals surface area contributed by atoms with Crippen LogP contribution in [0.25, 0.3) is 5.57 Å². The van der Waals surface area contributed by atoms with Gasteiger partial charge in [0.05, 0.1) is 4.90 Å². The molecule has 0 saturated carbocycles. The maximum atomic E-state index is 12.5. The second-order valence-corrected chi connectivity index (χ2v) is 6.64. The van der Waals surface area contributed by atoms with E-state index in [4.69, 9.17) is 0 Å². The van der Waals surface area contributed by atoms with E-state index in [0.29, 0.717) is 17.7 Å². The smallest absolute Gasteiger partial charge is 0.268 e. The van der Waals surface area contributed by atoms with E-state index in [0.717, 1.165) is 10.7 Å². The number of allylic oxidation sites excluding steroid dienone is 1. The molecule has 0 saturated heterocycles. The lowest BCUT2D eigenvalue weighted by molar-refractivity contribution is -0.118. The van der Waals surface area contributed by atoms with Crippen LogP contribution < -0.4 is 5.32 Å². The summed E-state index contributed by atoms with van der Waals surface area (Å²) in [6, 6.07) is 6.73. The van der Waals surface area contributed by atoms with Gasteiger partial charge in [-0.25, -0.2) is 8.42 Å². The van der Waals surface area contributed by atoms with Crippen molar-refractivity contribution in [1.29, 1.82) is 0 Å². The van der Waals surface area contributed by atoms with Gasteiger partial charge in [-0.1, -0.05) is 25.1 Å². The molecule has 0 unspecified atom stereocenters. The van der Waals surface area contributed by atoms with Crippen molar-refractivity contribution in [3.05, 3.63) is 35.5 Å². The summed E-state index contributed by atoms with van der Waals surface area (Å²) in [5, 5.41) is 2.73. The fraction of sp³-hybridized carbons (Fsp3) is 0.357. The molecule has 0 fully saturated rings. The Kier molecular flexibility index (Phi) is 3.85. The van der Waals surface area contributed by atoms with Crippen molar-refractivity contribution in [1.82, 2.24) is 9.62 Å². The highest BCUT2D eigenvalue weighted by molar-refractivity contribution is 7.89. The summed E-state index contributed by atoms with van der Waals surface area (Å²) < 4.78 is 26.0. The summed E-state index contributed by atoms with van der Waals surface area (Å²) in [5.74, 6) is -0.357. The van der Waals surface area contributed by atoms with Crippen molar-refractivity contribution in [2.24, 2.45) is 0 Å². The number of nitrogens with one attached hydrogen (secondary N) is 1. The molecule has 0 radical (unpaired) electrons.